The molecule has 0 unspecified atom stereocenters. The Hall–Kier alpha value is -3.26. The lowest BCUT2D eigenvalue weighted by Gasteiger charge is -2.28. The van der Waals surface area contributed by atoms with Crippen LogP contribution < -0.4 is 10.6 Å². The molecule has 0 saturated carbocycles. The number of nitrogens with one attached hydrogen (secondary N) is 2. The Labute approximate surface area is 188 Å². The van der Waals surface area contributed by atoms with Gasteiger partial charge in [-0.1, -0.05) is 42.5 Å². The van der Waals surface area contributed by atoms with Crippen molar-refractivity contribution in [2.75, 3.05) is 0 Å². The molecule has 0 aliphatic rings. The largest absolute Gasteiger partial charge is 0.508 e. The van der Waals surface area contributed by atoms with Crippen molar-refractivity contribution in [3.63, 3.8) is 0 Å². The molecule has 0 aliphatic heterocycles. The van der Waals surface area contributed by atoms with Crippen molar-refractivity contribution >= 4 is 12.2 Å². The summed E-state index contributed by atoms with van der Waals surface area (Å²) in [6.45, 7) is 5.29. The van der Waals surface area contributed by atoms with E-state index in [4.69, 9.17) is 4.74 Å². The van der Waals surface area contributed by atoms with Gasteiger partial charge in [-0.15, -0.1) is 0 Å². The predicted octanol–water partition coefficient (Wildman–Crippen LogP) is 3.46. The van der Waals surface area contributed by atoms with Crippen LogP contribution in [0.2, 0.25) is 0 Å². The highest BCUT2D eigenvalue weighted by Gasteiger charge is 2.27. The van der Waals surface area contributed by atoms with Gasteiger partial charge in [0.05, 0.1) is 12.1 Å². The number of amides is 2. The van der Waals surface area contributed by atoms with Crippen LogP contribution in [0.3, 0.4) is 0 Å². The van der Waals surface area contributed by atoms with Crippen LogP contribution in [0.5, 0.6) is 5.75 Å². The van der Waals surface area contributed by atoms with E-state index >= 15 is 0 Å². The molecule has 2 aromatic rings. The van der Waals surface area contributed by atoms with Crippen LogP contribution in [-0.2, 0) is 17.6 Å². The van der Waals surface area contributed by atoms with Crippen molar-refractivity contribution in [3.8, 4) is 5.75 Å². The molecule has 2 aromatic carbocycles. The molecule has 8 nitrogen and oxygen atoms in total. The van der Waals surface area contributed by atoms with Crippen LogP contribution in [0.1, 0.15) is 38.3 Å². The molecular formula is C24H32N2O6. The van der Waals surface area contributed by atoms with Gasteiger partial charge < -0.3 is 30.7 Å². The van der Waals surface area contributed by atoms with Crippen LogP contribution in [0.4, 0.5) is 9.59 Å². The van der Waals surface area contributed by atoms with Gasteiger partial charge in [-0.05, 0) is 63.3 Å². The van der Waals surface area contributed by atoms with Gasteiger partial charge in [-0.2, -0.15) is 0 Å². The number of alkyl carbamates (subject to hydrolysis) is 1. The van der Waals surface area contributed by atoms with E-state index < -0.39 is 36.0 Å². The molecule has 0 bridgehead atoms. The average molecular weight is 445 g/mol. The second kappa shape index (κ2) is 11.4. The molecule has 2 amide bonds. The minimum Gasteiger partial charge on any atom is -0.508 e. The van der Waals surface area contributed by atoms with Gasteiger partial charge in [0.2, 0.25) is 0 Å². The molecule has 3 atom stereocenters. The normalized spacial score (nSPS) is 14.1. The number of carbonyl (C=O) groups is 2. The van der Waals surface area contributed by atoms with E-state index in [1.807, 2.05) is 30.3 Å². The first-order valence-electron chi connectivity index (χ1n) is 10.5. The van der Waals surface area contributed by atoms with E-state index in [0.29, 0.717) is 6.42 Å². The summed E-state index contributed by atoms with van der Waals surface area (Å²) in [6.07, 6.45) is -2.17. The number of ether oxygens (including phenoxy) is 1. The number of aliphatic hydroxyl groups is 1. The Morgan fingerprint density at radius 3 is 2.09 bits per heavy atom. The molecule has 8 heteroatoms. The van der Waals surface area contributed by atoms with Crippen molar-refractivity contribution in [2.24, 2.45) is 0 Å². The lowest BCUT2D eigenvalue weighted by atomic mass is 9.93. The predicted molar refractivity (Wildman–Crippen MR) is 121 cm³/mol. The maximum atomic E-state index is 12.4. The zero-order valence-corrected chi connectivity index (χ0v) is 18.6. The molecule has 0 saturated heterocycles. The van der Waals surface area contributed by atoms with Crippen LogP contribution >= 0.6 is 0 Å². The number of aromatic hydroxyl groups is 1. The number of hydrogen-bond acceptors (Lipinski definition) is 5. The van der Waals surface area contributed by atoms with Gasteiger partial charge in [-0.25, -0.2) is 9.59 Å². The number of hydrogen-bond donors (Lipinski definition) is 5. The summed E-state index contributed by atoms with van der Waals surface area (Å²) >= 11 is 0. The summed E-state index contributed by atoms with van der Waals surface area (Å²) < 4.78 is 5.35. The van der Waals surface area contributed by atoms with Crippen molar-refractivity contribution in [1.29, 1.82) is 0 Å². The van der Waals surface area contributed by atoms with Gasteiger partial charge in [0, 0.05) is 6.04 Å². The van der Waals surface area contributed by atoms with Crippen molar-refractivity contribution in [3.05, 3.63) is 65.7 Å². The maximum absolute atomic E-state index is 12.4. The van der Waals surface area contributed by atoms with Crippen LogP contribution in [0.25, 0.3) is 0 Å². The molecule has 2 rings (SSSR count). The minimum atomic E-state index is -1.26. The van der Waals surface area contributed by atoms with Gasteiger partial charge >= 0.3 is 12.2 Å². The van der Waals surface area contributed by atoms with Crippen molar-refractivity contribution in [1.82, 2.24) is 10.6 Å². The summed E-state index contributed by atoms with van der Waals surface area (Å²) in [7, 11) is 0. The first kappa shape index (κ1) is 25.0. The number of rotatable bonds is 9. The zero-order valence-electron chi connectivity index (χ0n) is 18.6. The Bertz CT molecular complexity index is 864. The smallest absolute Gasteiger partial charge is 0.407 e. The summed E-state index contributed by atoms with van der Waals surface area (Å²) in [6, 6.07) is 14.5. The van der Waals surface area contributed by atoms with Crippen molar-refractivity contribution in [2.45, 2.75) is 63.8 Å². The van der Waals surface area contributed by atoms with E-state index in [1.165, 1.54) is 12.1 Å². The SMILES string of the molecule is CC(C)(C)OC(=O)N[C@@H](Cc1ccccc1)C[C@H](O)[C@H](Cc1ccc(O)cc1)NC(=O)O. The molecule has 0 spiro atoms. The maximum Gasteiger partial charge on any atom is 0.407 e. The second-order valence-corrected chi connectivity index (χ2v) is 8.76. The molecule has 5 N–H and O–H groups in total. The monoisotopic (exact) mass is 444 g/mol. The van der Waals surface area contributed by atoms with E-state index in [2.05, 4.69) is 10.6 Å². The highest BCUT2D eigenvalue weighted by molar-refractivity contribution is 5.68. The number of phenols is 1. The summed E-state index contributed by atoms with van der Waals surface area (Å²) in [5.74, 6) is 0.0986. The lowest BCUT2D eigenvalue weighted by molar-refractivity contribution is 0.0467. The van der Waals surface area contributed by atoms with E-state index in [1.54, 1.807) is 32.9 Å². The van der Waals surface area contributed by atoms with E-state index in [-0.39, 0.29) is 18.6 Å². The Kier molecular flexibility index (Phi) is 8.90. The number of carboxylic acid groups (broad SMARTS) is 1. The second-order valence-electron chi connectivity index (χ2n) is 8.76. The van der Waals surface area contributed by atoms with Crippen molar-refractivity contribution < 1.29 is 29.6 Å². The Balaban J connectivity index is 2.15. The zero-order chi connectivity index (χ0) is 23.7. The third kappa shape index (κ3) is 9.26. The number of carbonyl (C=O) groups excluding carboxylic acids is 1. The molecule has 0 radical (unpaired) electrons. The van der Waals surface area contributed by atoms with Crippen LogP contribution in [-0.4, -0.2) is 51.3 Å². The quantitative estimate of drug-likeness (QED) is 0.403. The minimum absolute atomic E-state index is 0.0986. The first-order chi connectivity index (χ1) is 15.0. The standard InChI is InChI=1S/C24H32N2O6/c1-24(2,3)32-23(31)25-18(13-16-7-5-4-6-8-16)15-21(28)20(26-22(29)30)14-17-9-11-19(27)12-10-17/h4-12,18,20-21,26-28H,13-15H2,1-3H3,(H,25,31)(H,29,30)/t18-,20-,21-/m0/s1. The lowest BCUT2D eigenvalue weighted by Crippen LogP contribution is -2.48. The molecule has 32 heavy (non-hydrogen) atoms. The van der Waals surface area contributed by atoms with Gasteiger partial charge in [0.1, 0.15) is 11.4 Å². The summed E-state index contributed by atoms with van der Waals surface area (Å²) in [5, 5.41) is 34.8. The third-order valence-electron chi connectivity index (χ3n) is 4.74. The Morgan fingerprint density at radius 2 is 1.53 bits per heavy atom. The molecule has 0 aromatic heterocycles. The third-order valence-corrected chi connectivity index (χ3v) is 4.74. The van der Waals surface area contributed by atoms with E-state index in [0.717, 1.165) is 11.1 Å². The fourth-order valence-electron chi connectivity index (χ4n) is 3.35. The summed E-state index contributed by atoms with van der Waals surface area (Å²) in [5.41, 5.74) is 1.04. The fourth-order valence-corrected chi connectivity index (χ4v) is 3.35. The average Bonchev–Trinajstić information content (AvgIpc) is 2.68. The first-order valence-corrected chi connectivity index (χ1v) is 10.5. The van der Waals surface area contributed by atoms with Gasteiger partial charge in [0.25, 0.3) is 0 Å². The highest BCUT2D eigenvalue weighted by Crippen LogP contribution is 2.17. The molecular weight excluding hydrogens is 412 g/mol. The Morgan fingerprint density at radius 1 is 0.938 bits per heavy atom. The van der Waals surface area contributed by atoms with E-state index in [9.17, 15) is 24.9 Å². The highest BCUT2D eigenvalue weighted by atomic mass is 16.6. The van der Waals surface area contributed by atoms with Gasteiger partial charge in [-0.3, -0.25) is 0 Å². The molecule has 0 fully saturated rings. The molecule has 174 valence electrons. The molecule has 0 heterocycles. The topological polar surface area (TPSA) is 128 Å². The van der Waals surface area contributed by atoms with Crippen LogP contribution in [0, 0.1) is 0 Å². The number of phenolic OH excluding ortho intramolecular Hbond substituents is 1. The number of benzene rings is 2. The number of aliphatic hydroxyl groups excluding tert-OH is 1. The van der Waals surface area contributed by atoms with Crippen LogP contribution in [0.15, 0.2) is 54.6 Å². The summed E-state index contributed by atoms with van der Waals surface area (Å²) in [4.78, 5) is 23.7. The van der Waals surface area contributed by atoms with Gasteiger partial charge in [0.15, 0.2) is 0 Å². The fraction of sp³-hybridized carbons (Fsp3) is 0.417. The molecule has 0 aliphatic carbocycles.